The molecule has 1 N–H and O–H groups in total. The zero-order valence-electron chi connectivity index (χ0n) is 5.58. The van der Waals surface area contributed by atoms with E-state index in [1.165, 1.54) is 0 Å². The van der Waals surface area contributed by atoms with Crippen molar-refractivity contribution in [2.24, 2.45) is 0 Å². The average Bonchev–Trinajstić information content (AvgIpc) is 1.31. The largest absolute Gasteiger partial charge is 1.00 e. The Labute approximate surface area is 91.3 Å². The second-order valence-corrected chi connectivity index (χ2v) is 2.49. The third-order valence-corrected chi connectivity index (χ3v) is 1.09. The Morgan fingerprint density at radius 3 is 1.75 bits per heavy atom. The van der Waals surface area contributed by atoms with Crippen LogP contribution in [0, 0.1) is 0 Å². The maximum absolute atomic E-state index is 9.63. The molecule has 8 heavy (non-hydrogen) atoms. The van der Waals surface area contributed by atoms with E-state index in [1.807, 2.05) is 0 Å². The topological polar surface area (TPSA) is 71.4 Å². The van der Waals surface area contributed by atoms with Crippen LogP contribution >= 0.6 is 0 Å². The Kier molecular flexibility index (Phi) is 6.12. The minimum Gasteiger partial charge on any atom is -1.00 e. The van der Waals surface area contributed by atoms with Crippen molar-refractivity contribution < 1.29 is 70.6 Å². The second-order valence-electron chi connectivity index (χ2n) is 0.967. The van der Waals surface area contributed by atoms with Gasteiger partial charge in [-0.3, -0.25) is 9.35 Å². The first-order valence-electron chi connectivity index (χ1n) is 1.42. The van der Waals surface area contributed by atoms with Crippen LogP contribution in [0.25, 0.3) is 0 Å². The van der Waals surface area contributed by atoms with Crippen LogP contribution in [0.5, 0.6) is 0 Å². The van der Waals surface area contributed by atoms with Crippen LogP contribution in [-0.4, -0.2) is 18.1 Å². The standard InChI is InChI=1S/C2H4O4S.K.H/c1-2(3)7(4,5)6;;/h1H3,(H,4,5,6);;/q;+1;-1. The Morgan fingerprint density at radius 2 is 1.75 bits per heavy atom. The summed E-state index contributed by atoms with van der Waals surface area (Å²) in [5.74, 6) is 0. The van der Waals surface area contributed by atoms with Crippen molar-refractivity contribution in [1.29, 1.82) is 0 Å². The van der Waals surface area contributed by atoms with Crippen LogP contribution in [0.2, 0.25) is 0 Å². The smallest absolute Gasteiger partial charge is 1.00 e. The first-order valence-corrected chi connectivity index (χ1v) is 2.86. The van der Waals surface area contributed by atoms with Gasteiger partial charge in [0.1, 0.15) is 0 Å². The molecule has 0 aliphatic heterocycles. The Hall–Kier alpha value is 1.22. The minimum absolute atomic E-state index is 0. The third kappa shape index (κ3) is 5.35. The predicted molar refractivity (Wildman–Crippen MR) is 23.3 cm³/mol. The van der Waals surface area contributed by atoms with Gasteiger partial charge in [0.25, 0.3) is 5.12 Å². The Bertz CT molecular complexity index is 173. The van der Waals surface area contributed by atoms with E-state index in [4.69, 9.17) is 4.55 Å². The van der Waals surface area contributed by atoms with Gasteiger partial charge in [-0.25, -0.2) is 0 Å². The van der Waals surface area contributed by atoms with Crippen molar-refractivity contribution in [2.45, 2.75) is 6.92 Å². The van der Waals surface area contributed by atoms with E-state index in [1.54, 1.807) is 0 Å². The van der Waals surface area contributed by atoms with Gasteiger partial charge in [0, 0.05) is 6.92 Å². The Morgan fingerprint density at radius 1 is 1.62 bits per heavy atom. The molecular weight excluding hydrogens is 159 g/mol. The molecule has 0 aromatic carbocycles. The first-order chi connectivity index (χ1) is 2.94. The summed E-state index contributed by atoms with van der Waals surface area (Å²) in [7, 11) is -4.38. The molecule has 0 amide bonds. The molecule has 6 heteroatoms. The van der Waals surface area contributed by atoms with Crippen LogP contribution in [0.4, 0.5) is 0 Å². The molecular formula is C2H5KO4S. The van der Waals surface area contributed by atoms with Gasteiger partial charge in [-0.15, -0.1) is 0 Å². The molecule has 0 unspecified atom stereocenters. The SMILES string of the molecule is CC(=O)S(=O)(=O)O.[H-].[K+]. The van der Waals surface area contributed by atoms with Gasteiger partial charge in [-0.1, -0.05) is 0 Å². The van der Waals surface area contributed by atoms with Crippen molar-refractivity contribution in [1.82, 2.24) is 0 Å². The van der Waals surface area contributed by atoms with Crippen molar-refractivity contribution in [3.63, 3.8) is 0 Å². The summed E-state index contributed by atoms with van der Waals surface area (Å²) in [5.41, 5.74) is 0. The molecule has 0 saturated carbocycles. The van der Waals surface area contributed by atoms with E-state index in [9.17, 15) is 13.2 Å². The van der Waals surface area contributed by atoms with E-state index in [0.29, 0.717) is 0 Å². The van der Waals surface area contributed by atoms with Crippen LogP contribution in [0.3, 0.4) is 0 Å². The molecule has 0 aliphatic rings. The molecule has 0 aliphatic carbocycles. The third-order valence-electron chi connectivity index (χ3n) is 0.363. The zero-order chi connectivity index (χ0) is 6.08. The van der Waals surface area contributed by atoms with Crippen molar-refractivity contribution in [3.05, 3.63) is 0 Å². The number of hydrogen-bond donors (Lipinski definition) is 1. The van der Waals surface area contributed by atoms with Crippen LogP contribution in [-0.2, 0) is 14.9 Å². The fraction of sp³-hybridized carbons (Fsp3) is 0.500. The second kappa shape index (κ2) is 4.10. The molecule has 0 radical (unpaired) electrons. The summed E-state index contributed by atoms with van der Waals surface area (Å²) >= 11 is 0. The maximum Gasteiger partial charge on any atom is 1.00 e. The molecule has 4 nitrogen and oxygen atoms in total. The fourth-order valence-electron chi connectivity index (χ4n) is 0. The molecule has 0 fully saturated rings. The van der Waals surface area contributed by atoms with E-state index in [0.717, 1.165) is 6.92 Å². The van der Waals surface area contributed by atoms with E-state index in [-0.39, 0.29) is 52.8 Å². The van der Waals surface area contributed by atoms with Crippen LogP contribution < -0.4 is 51.4 Å². The fourth-order valence-corrected chi connectivity index (χ4v) is 0. The number of hydrogen-bond acceptors (Lipinski definition) is 3. The minimum atomic E-state index is -4.38. The number of carbonyl (C=O) groups excluding carboxylic acids is 1. The molecule has 0 heterocycles. The quantitative estimate of drug-likeness (QED) is 0.298. The molecule has 44 valence electrons. The normalized spacial score (nSPS) is 9.75. The van der Waals surface area contributed by atoms with Gasteiger partial charge >= 0.3 is 61.5 Å². The molecule has 0 aromatic rings. The molecule has 0 rings (SSSR count). The first kappa shape index (κ1) is 11.9. The van der Waals surface area contributed by atoms with Gasteiger partial charge in [0.15, 0.2) is 0 Å². The maximum atomic E-state index is 9.63. The summed E-state index contributed by atoms with van der Waals surface area (Å²) in [6.07, 6.45) is 0. The summed E-state index contributed by atoms with van der Waals surface area (Å²) in [4.78, 5) is 9.63. The van der Waals surface area contributed by atoms with E-state index < -0.39 is 15.2 Å². The summed E-state index contributed by atoms with van der Waals surface area (Å²) in [5, 5.41) is -1.23. The molecule has 0 spiro atoms. The van der Waals surface area contributed by atoms with Gasteiger partial charge in [0.05, 0.1) is 0 Å². The molecule has 0 aromatic heterocycles. The van der Waals surface area contributed by atoms with Crippen molar-refractivity contribution in [3.8, 4) is 0 Å². The molecule has 0 bridgehead atoms. The van der Waals surface area contributed by atoms with Gasteiger partial charge in [0.2, 0.25) is 0 Å². The predicted octanol–water partition coefficient (Wildman–Crippen LogP) is -3.46. The van der Waals surface area contributed by atoms with Gasteiger partial charge < -0.3 is 1.43 Å². The van der Waals surface area contributed by atoms with Crippen molar-refractivity contribution >= 4 is 15.2 Å². The molecule has 0 atom stereocenters. The monoisotopic (exact) mass is 164 g/mol. The van der Waals surface area contributed by atoms with E-state index in [2.05, 4.69) is 0 Å². The van der Waals surface area contributed by atoms with Crippen LogP contribution in [0.1, 0.15) is 8.35 Å². The average molecular weight is 164 g/mol. The zero-order valence-corrected chi connectivity index (χ0v) is 8.52. The molecule has 0 saturated heterocycles. The number of rotatable bonds is 0. The summed E-state index contributed by atoms with van der Waals surface area (Å²) < 4.78 is 26.8. The van der Waals surface area contributed by atoms with Crippen molar-refractivity contribution in [2.75, 3.05) is 0 Å². The van der Waals surface area contributed by atoms with E-state index >= 15 is 0 Å². The summed E-state index contributed by atoms with van der Waals surface area (Å²) in [6.45, 7) is 0.773. The Balaban J connectivity index is -0.000000180. The van der Waals surface area contributed by atoms with Gasteiger partial charge in [-0.05, 0) is 0 Å². The summed E-state index contributed by atoms with van der Waals surface area (Å²) in [6, 6.07) is 0. The van der Waals surface area contributed by atoms with Crippen LogP contribution in [0.15, 0.2) is 0 Å². The van der Waals surface area contributed by atoms with Gasteiger partial charge in [-0.2, -0.15) is 8.42 Å². The number of carbonyl (C=O) groups is 1.